The van der Waals surface area contributed by atoms with Crippen molar-refractivity contribution in [2.75, 3.05) is 24.9 Å². The first kappa shape index (κ1) is 22.0. The number of aliphatic imine (C=N–C) groups is 1. The molecule has 3 rings (SSSR count). The molecule has 0 spiro atoms. The highest BCUT2D eigenvalue weighted by atomic mass is 35.5. The number of aromatic nitrogens is 3. The van der Waals surface area contributed by atoms with Gasteiger partial charge in [-0.2, -0.15) is 0 Å². The number of nitrogens with zero attached hydrogens (tertiary/aromatic N) is 5. The van der Waals surface area contributed by atoms with E-state index < -0.39 is 11.4 Å². The lowest BCUT2D eigenvalue weighted by Crippen LogP contribution is -2.47. The summed E-state index contributed by atoms with van der Waals surface area (Å²) in [5.41, 5.74) is 5.99. The van der Waals surface area contributed by atoms with Crippen LogP contribution in [0, 0.1) is 11.8 Å². The number of carbonyl (C=O) groups is 2. The van der Waals surface area contributed by atoms with E-state index in [1.54, 1.807) is 26.1 Å². The van der Waals surface area contributed by atoms with Crippen molar-refractivity contribution in [2.24, 2.45) is 10.7 Å². The van der Waals surface area contributed by atoms with Gasteiger partial charge in [0.1, 0.15) is 11.2 Å². The number of halogens is 1. The summed E-state index contributed by atoms with van der Waals surface area (Å²) in [6.07, 6.45) is 4.26. The maximum Gasteiger partial charge on any atom is 0.275 e. The molecule has 2 aromatic rings. The molecule has 0 saturated heterocycles. The molecule has 160 valence electrons. The Morgan fingerprint density at radius 1 is 1.35 bits per heavy atom. The van der Waals surface area contributed by atoms with Crippen molar-refractivity contribution in [3.63, 3.8) is 0 Å². The number of anilines is 1. The number of nitrogens with one attached hydrogen (secondary N) is 1. The predicted octanol–water partition coefficient (Wildman–Crippen LogP) is 1.14. The maximum absolute atomic E-state index is 12.5. The molecule has 1 aliphatic rings. The van der Waals surface area contributed by atoms with Crippen molar-refractivity contribution >= 4 is 35.1 Å². The Morgan fingerprint density at radius 3 is 2.84 bits per heavy atom. The number of ether oxygens (including phenoxy) is 1. The van der Waals surface area contributed by atoms with E-state index in [9.17, 15) is 9.59 Å². The molecule has 1 atom stereocenters. The minimum atomic E-state index is -0.931. The topological polar surface area (TPSA) is 136 Å². The SMILES string of the molecule is CN1C(=O)CC(C)(c2cc(NC(=O)c3cnc(OCC#CCCl)cn3)ccn2)N=C1N. The Labute approximate surface area is 183 Å². The van der Waals surface area contributed by atoms with Crippen LogP contribution in [0.2, 0.25) is 0 Å². The zero-order valence-corrected chi connectivity index (χ0v) is 17.7. The van der Waals surface area contributed by atoms with Crippen LogP contribution in [-0.2, 0) is 10.3 Å². The number of guanidine groups is 1. The average Bonchev–Trinajstić information content (AvgIpc) is 2.75. The monoisotopic (exact) mass is 441 g/mol. The van der Waals surface area contributed by atoms with Crippen LogP contribution in [0.4, 0.5) is 5.69 Å². The van der Waals surface area contributed by atoms with Gasteiger partial charge in [0.25, 0.3) is 5.91 Å². The molecule has 10 nitrogen and oxygen atoms in total. The van der Waals surface area contributed by atoms with Crippen molar-refractivity contribution in [2.45, 2.75) is 18.9 Å². The minimum absolute atomic E-state index is 0.0977. The molecule has 31 heavy (non-hydrogen) atoms. The number of nitrogens with two attached hydrogens (primary N) is 1. The molecule has 0 fully saturated rings. The van der Waals surface area contributed by atoms with Gasteiger partial charge < -0.3 is 15.8 Å². The zero-order chi connectivity index (χ0) is 22.4. The minimum Gasteiger partial charge on any atom is -0.463 e. The molecule has 3 heterocycles. The number of hydrogen-bond acceptors (Lipinski definition) is 8. The molecule has 0 aromatic carbocycles. The summed E-state index contributed by atoms with van der Waals surface area (Å²) in [5, 5.41) is 2.73. The van der Waals surface area contributed by atoms with E-state index in [1.807, 2.05) is 0 Å². The molecule has 1 unspecified atom stereocenters. The van der Waals surface area contributed by atoms with Crippen LogP contribution in [0.15, 0.2) is 35.7 Å². The second-order valence-electron chi connectivity index (χ2n) is 6.77. The number of amides is 2. The molecule has 0 bridgehead atoms. The predicted molar refractivity (Wildman–Crippen MR) is 115 cm³/mol. The molecule has 2 amide bonds. The van der Waals surface area contributed by atoms with Gasteiger partial charge in [0.05, 0.1) is 30.4 Å². The summed E-state index contributed by atoms with van der Waals surface area (Å²) in [4.78, 5) is 42.8. The van der Waals surface area contributed by atoms with Crippen LogP contribution in [0.25, 0.3) is 0 Å². The lowest BCUT2D eigenvalue weighted by molar-refractivity contribution is -0.128. The van der Waals surface area contributed by atoms with Gasteiger partial charge in [-0.25, -0.2) is 15.0 Å². The van der Waals surface area contributed by atoms with E-state index in [2.05, 4.69) is 37.1 Å². The molecule has 11 heteroatoms. The van der Waals surface area contributed by atoms with Gasteiger partial charge in [-0.3, -0.25) is 19.5 Å². The van der Waals surface area contributed by atoms with Gasteiger partial charge in [0, 0.05) is 18.9 Å². The summed E-state index contributed by atoms with van der Waals surface area (Å²) >= 11 is 5.45. The Kier molecular flexibility index (Phi) is 6.67. The molecule has 1 aliphatic heterocycles. The van der Waals surface area contributed by atoms with Crippen LogP contribution >= 0.6 is 11.6 Å². The molecule has 0 aliphatic carbocycles. The van der Waals surface area contributed by atoms with Gasteiger partial charge in [0.2, 0.25) is 11.8 Å². The second kappa shape index (κ2) is 9.40. The first-order valence-electron chi connectivity index (χ1n) is 9.18. The summed E-state index contributed by atoms with van der Waals surface area (Å²) in [7, 11) is 1.56. The standard InChI is InChI=1S/C20H20ClN7O3/c1-20(10-17(29)28(2)19(22)27-20)15-9-13(5-7-23-15)26-18(30)14-11-25-16(12-24-14)31-8-4-3-6-21/h5,7,9,11-12H,6,8,10H2,1-2H3,(H2,22,27)(H,23,26,30). The first-order valence-corrected chi connectivity index (χ1v) is 9.72. The van der Waals surface area contributed by atoms with Gasteiger partial charge in [-0.05, 0) is 19.1 Å². The first-order chi connectivity index (χ1) is 14.8. The van der Waals surface area contributed by atoms with Gasteiger partial charge in [-0.1, -0.05) is 11.8 Å². The van der Waals surface area contributed by atoms with Crippen molar-refractivity contribution in [3.8, 4) is 17.7 Å². The molecular formula is C20H20ClN7O3. The molecule has 0 radical (unpaired) electrons. The fraction of sp³-hybridized carbons (Fsp3) is 0.300. The highest BCUT2D eigenvalue weighted by Gasteiger charge is 2.37. The quantitative estimate of drug-likeness (QED) is 0.524. The van der Waals surface area contributed by atoms with Crippen LogP contribution in [-0.4, -0.2) is 57.2 Å². The van der Waals surface area contributed by atoms with Gasteiger partial charge in [-0.15, -0.1) is 11.6 Å². The number of hydrogen-bond donors (Lipinski definition) is 2. The van der Waals surface area contributed by atoms with Crippen LogP contribution in [0.1, 0.15) is 29.5 Å². The fourth-order valence-corrected chi connectivity index (χ4v) is 2.86. The lowest BCUT2D eigenvalue weighted by Gasteiger charge is -2.32. The van der Waals surface area contributed by atoms with E-state index in [0.717, 1.165) is 0 Å². The number of pyridine rings is 1. The number of rotatable bonds is 5. The Bertz CT molecular complexity index is 1080. The summed E-state index contributed by atoms with van der Waals surface area (Å²) in [6, 6.07) is 3.27. The highest BCUT2D eigenvalue weighted by Crippen LogP contribution is 2.32. The molecule has 3 N–H and O–H groups in total. The van der Waals surface area contributed by atoms with Crippen molar-refractivity contribution in [1.82, 2.24) is 19.9 Å². The largest absolute Gasteiger partial charge is 0.463 e. The summed E-state index contributed by atoms with van der Waals surface area (Å²) in [5.74, 6) is 5.28. The van der Waals surface area contributed by atoms with Gasteiger partial charge >= 0.3 is 0 Å². The van der Waals surface area contributed by atoms with Crippen molar-refractivity contribution in [1.29, 1.82) is 0 Å². The molecule has 2 aromatic heterocycles. The molecule has 0 saturated carbocycles. The normalized spacial score (nSPS) is 18.0. The second-order valence-corrected chi connectivity index (χ2v) is 7.04. The van der Waals surface area contributed by atoms with Crippen molar-refractivity contribution in [3.05, 3.63) is 42.1 Å². The average molecular weight is 442 g/mol. The Balaban J connectivity index is 1.71. The zero-order valence-electron chi connectivity index (χ0n) is 16.9. The summed E-state index contributed by atoms with van der Waals surface area (Å²) in [6.45, 7) is 1.89. The van der Waals surface area contributed by atoms with E-state index in [4.69, 9.17) is 22.1 Å². The van der Waals surface area contributed by atoms with E-state index in [1.165, 1.54) is 23.5 Å². The van der Waals surface area contributed by atoms with E-state index >= 15 is 0 Å². The third kappa shape index (κ3) is 5.26. The Morgan fingerprint density at radius 2 is 2.16 bits per heavy atom. The molecular weight excluding hydrogens is 422 g/mol. The fourth-order valence-electron chi connectivity index (χ4n) is 2.77. The highest BCUT2D eigenvalue weighted by molar-refractivity contribution is 6.19. The summed E-state index contributed by atoms with van der Waals surface area (Å²) < 4.78 is 5.28. The lowest BCUT2D eigenvalue weighted by atomic mass is 9.91. The van der Waals surface area contributed by atoms with E-state index in [0.29, 0.717) is 11.4 Å². The van der Waals surface area contributed by atoms with Crippen LogP contribution in [0.3, 0.4) is 0 Å². The number of alkyl halides is 1. The van der Waals surface area contributed by atoms with Gasteiger partial charge in [0.15, 0.2) is 12.6 Å². The third-order valence-corrected chi connectivity index (χ3v) is 4.62. The Hall–Kier alpha value is -3.71. The van der Waals surface area contributed by atoms with Crippen molar-refractivity contribution < 1.29 is 14.3 Å². The van der Waals surface area contributed by atoms with Crippen LogP contribution in [0.5, 0.6) is 5.88 Å². The van der Waals surface area contributed by atoms with Crippen LogP contribution < -0.4 is 15.8 Å². The van der Waals surface area contributed by atoms with E-state index in [-0.39, 0.29) is 42.3 Å². The number of carbonyl (C=O) groups excluding carboxylic acids is 2. The smallest absolute Gasteiger partial charge is 0.275 e. The third-order valence-electron chi connectivity index (χ3n) is 4.49. The maximum atomic E-state index is 12.5.